The van der Waals surface area contributed by atoms with E-state index < -0.39 is 5.82 Å². The van der Waals surface area contributed by atoms with E-state index in [0.29, 0.717) is 18.1 Å². The van der Waals surface area contributed by atoms with E-state index >= 15 is 0 Å². The Morgan fingerprint density at radius 1 is 1.08 bits per heavy atom. The van der Waals surface area contributed by atoms with Crippen molar-refractivity contribution in [2.24, 2.45) is 5.92 Å². The summed E-state index contributed by atoms with van der Waals surface area (Å²) in [5.74, 6) is -0.197. The topological polar surface area (TPSA) is 93.8 Å². The first-order valence-corrected chi connectivity index (χ1v) is 12.7. The molecule has 0 saturated heterocycles. The van der Waals surface area contributed by atoms with Crippen LogP contribution in [-0.2, 0) is 11.3 Å². The maximum Gasteiger partial charge on any atom is 0.257 e. The third-order valence-corrected chi connectivity index (χ3v) is 6.85. The molecule has 2 amide bonds. The summed E-state index contributed by atoms with van der Waals surface area (Å²) in [5, 5.41) is 10.3. The molecule has 0 atom stereocenters. The highest BCUT2D eigenvalue weighted by atomic mass is 19.1. The lowest BCUT2D eigenvalue weighted by Gasteiger charge is -2.30. The SMILES string of the molecule is CC(C)NC(=O)C1CCC(n2c(NC(=O)c3ccc(F)cc3)nc3ccc(Cn4cccn4)cc32)CC1. The lowest BCUT2D eigenvalue weighted by Crippen LogP contribution is -2.37. The molecule has 2 aromatic heterocycles. The number of nitrogens with one attached hydrogen (secondary N) is 2. The molecule has 9 heteroatoms. The first-order chi connectivity index (χ1) is 17.9. The van der Waals surface area contributed by atoms with Crippen LogP contribution in [0.1, 0.15) is 61.5 Å². The number of benzene rings is 2. The average Bonchev–Trinajstić information content (AvgIpc) is 3.51. The number of fused-ring (bicyclic) bond motifs is 1. The standard InChI is InChI=1S/C28H31FN6O2/c1-18(2)31-26(36)21-7-11-23(12-8-21)35-25-16-19(17-34-15-3-14-30-34)4-13-24(25)32-28(35)33-27(37)20-5-9-22(29)10-6-20/h3-6,9-10,13-16,18,21,23H,7-8,11-12,17H2,1-2H3,(H,31,36)(H,32,33,37). The number of halogens is 1. The fraction of sp³-hybridized carbons (Fsp3) is 0.357. The molecule has 2 heterocycles. The molecule has 37 heavy (non-hydrogen) atoms. The van der Waals surface area contributed by atoms with Gasteiger partial charge in [-0.15, -0.1) is 0 Å². The Bertz CT molecular complexity index is 1390. The van der Waals surface area contributed by atoms with Crippen molar-refractivity contribution in [3.8, 4) is 0 Å². The van der Waals surface area contributed by atoms with Gasteiger partial charge in [-0.2, -0.15) is 5.10 Å². The fourth-order valence-corrected chi connectivity index (χ4v) is 5.05. The second kappa shape index (κ2) is 10.5. The van der Waals surface area contributed by atoms with Gasteiger partial charge in [0.1, 0.15) is 5.82 Å². The number of nitrogens with zero attached hydrogens (tertiary/aromatic N) is 4. The van der Waals surface area contributed by atoms with Gasteiger partial charge in [-0.1, -0.05) is 6.07 Å². The highest BCUT2D eigenvalue weighted by Crippen LogP contribution is 2.37. The van der Waals surface area contributed by atoms with Gasteiger partial charge in [-0.3, -0.25) is 19.6 Å². The molecule has 0 aliphatic heterocycles. The van der Waals surface area contributed by atoms with Gasteiger partial charge >= 0.3 is 0 Å². The smallest absolute Gasteiger partial charge is 0.257 e. The first kappa shape index (κ1) is 24.7. The molecule has 8 nitrogen and oxygen atoms in total. The highest BCUT2D eigenvalue weighted by Gasteiger charge is 2.30. The van der Waals surface area contributed by atoms with Crippen LogP contribution in [0.2, 0.25) is 0 Å². The minimum absolute atomic E-state index is 0.0129. The Balaban J connectivity index is 1.45. The molecule has 1 aliphatic carbocycles. The summed E-state index contributed by atoms with van der Waals surface area (Å²) in [6.07, 6.45) is 6.79. The van der Waals surface area contributed by atoms with Gasteiger partial charge in [0.25, 0.3) is 5.91 Å². The van der Waals surface area contributed by atoms with E-state index in [1.807, 2.05) is 42.9 Å². The van der Waals surface area contributed by atoms with Crippen LogP contribution in [0.15, 0.2) is 60.9 Å². The van der Waals surface area contributed by atoms with Crippen LogP contribution in [0.25, 0.3) is 11.0 Å². The molecule has 0 spiro atoms. The summed E-state index contributed by atoms with van der Waals surface area (Å²) in [6.45, 7) is 4.56. The molecule has 5 rings (SSSR count). The molecule has 192 valence electrons. The summed E-state index contributed by atoms with van der Waals surface area (Å²) in [4.78, 5) is 30.3. The molecule has 1 aliphatic rings. The highest BCUT2D eigenvalue weighted by molar-refractivity contribution is 6.04. The second-order valence-corrected chi connectivity index (χ2v) is 9.96. The van der Waals surface area contributed by atoms with Crippen LogP contribution in [0.4, 0.5) is 10.3 Å². The average molecular weight is 503 g/mol. The van der Waals surface area contributed by atoms with E-state index in [9.17, 15) is 14.0 Å². The number of imidazole rings is 1. The zero-order chi connectivity index (χ0) is 25.9. The van der Waals surface area contributed by atoms with Crippen LogP contribution in [0, 0.1) is 11.7 Å². The van der Waals surface area contributed by atoms with Crippen molar-refractivity contribution in [2.45, 2.75) is 58.2 Å². The minimum atomic E-state index is -0.397. The van der Waals surface area contributed by atoms with Crippen LogP contribution in [0.3, 0.4) is 0 Å². The zero-order valence-electron chi connectivity index (χ0n) is 21.0. The van der Waals surface area contributed by atoms with Gasteiger partial charge in [0, 0.05) is 36.0 Å². The molecule has 2 N–H and O–H groups in total. The summed E-state index contributed by atoms with van der Waals surface area (Å²) < 4.78 is 17.3. The van der Waals surface area contributed by atoms with Crippen molar-refractivity contribution < 1.29 is 14.0 Å². The molecule has 1 fully saturated rings. The van der Waals surface area contributed by atoms with E-state index in [4.69, 9.17) is 4.98 Å². The van der Waals surface area contributed by atoms with Crippen LogP contribution >= 0.6 is 0 Å². The largest absolute Gasteiger partial charge is 0.354 e. The molecule has 0 unspecified atom stereocenters. The van der Waals surface area contributed by atoms with Crippen molar-refractivity contribution in [3.05, 3.63) is 77.9 Å². The van der Waals surface area contributed by atoms with Crippen molar-refractivity contribution >= 4 is 28.8 Å². The molecule has 2 aromatic carbocycles. The third-order valence-electron chi connectivity index (χ3n) is 6.85. The summed E-state index contributed by atoms with van der Waals surface area (Å²) in [6, 6.07) is 13.6. The summed E-state index contributed by atoms with van der Waals surface area (Å²) in [5.41, 5.74) is 3.12. The van der Waals surface area contributed by atoms with Gasteiger partial charge in [-0.05, 0) is 87.6 Å². The number of anilines is 1. The molecular formula is C28H31FN6O2. The Hall–Kier alpha value is -4.01. The number of hydrogen-bond acceptors (Lipinski definition) is 4. The maximum absolute atomic E-state index is 13.4. The van der Waals surface area contributed by atoms with Gasteiger partial charge in [0.05, 0.1) is 17.6 Å². The number of aromatic nitrogens is 4. The third kappa shape index (κ3) is 5.55. The van der Waals surface area contributed by atoms with E-state index in [2.05, 4.69) is 26.4 Å². The van der Waals surface area contributed by atoms with E-state index in [0.717, 1.165) is 42.3 Å². The van der Waals surface area contributed by atoms with Crippen molar-refractivity contribution in [2.75, 3.05) is 5.32 Å². The fourth-order valence-electron chi connectivity index (χ4n) is 5.05. The predicted octanol–water partition coefficient (Wildman–Crippen LogP) is 4.93. The Labute approximate surface area is 214 Å². The number of rotatable bonds is 7. The molecule has 4 aromatic rings. The lowest BCUT2D eigenvalue weighted by molar-refractivity contribution is -0.126. The number of hydrogen-bond donors (Lipinski definition) is 2. The molecule has 0 radical (unpaired) electrons. The number of carbonyl (C=O) groups is 2. The van der Waals surface area contributed by atoms with Crippen LogP contribution < -0.4 is 10.6 Å². The van der Waals surface area contributed by atoms with Gasteiger partial charge in [0.15, 0.2) is 0 Å². The molecular weight excluding hydrogens is 471 g/mol. The monoisotopic (exact) mass is 502 g/mol. The number of amides is 2. The Morgan fingerprint density at radius 2 is 1.84 bits per heavy atom. The van der Waals surface area contributed by atoms with E-state index in [1.165, 1.54) is 24.3 Å². The van der Waals surface area contributed by atoms with Crippen molar-refractivity contribution in [3.63, 3.8) is 0 Å². The van der Waals surface area contributed by atoms with Crippen LogP contribution in [0.5, 0.6) is 0 Å². The minimum Gasteiger partial charge on any atom is -0.354 e. The normalized spacial score (nSPS) is 17.7. The second-order valence-electron chi connectivity index (χ2n) is 9.96. The number of carbonyl (C=O) groups excluding carboxylic acids is 2. The van der Waals surface area contributed by atoms with E-state index in [1.54, 1.807) is 6.20 Å². The lowest BCUT2D eigenvalue weighted by atomic mass is 9.85. The summed E-state index contributed by atoms with van der Waals surface area (Å²) in [7, 11) is 0. The zero-order valence-corrected chi connectivity index (χ0v) is 21.0. The van der Waals surface area contributed by atoms with Gasteiger partial charge in [0.2, 0.25) is 11.9 Å². The van der Waals surface area contributed by atoms with Crippen molar-refractivity contribution in [1.29, 1.82) is 0 Å². The summed E-state index contributed by atoms with van der Waals surface area (Å²) >= 11 is 0. The molecule has 1 saturated carbocycles. The first-order valence-electron chi connectivity index (χ1n) is 12.7. The van der Waals surface area contributed by atoms with E-state index in [-0.39, 0.29) is 29.8 Å². The van der Waals surface area contributed by atoms with Gasteiger partial charge < -0.3 is 9.88 Å². The van der Waals surface area contributed by atoms with Crippen LogP contribution in [-0.4, -0.2) is 37.2 Å². The Morgan fingerprint density at radius 3 is 2.51 bits per heavy atom. The molecule has 0 bridgehead atoms. The quantitative estimate of drug-likeness (QED) is 0.375. The predicted molar refractivity (Wildman–Crippen MR) is 140 cm³/mol. The maximum atomic E-state index is 13.4. The van der Waals surface area contributed by atoms with Crippen molar-refractivity contribution in [1.82, 2.24) is 24.6 Å². The van der Waals surface area contributed by atoms with Gasteiger partial charge in [-0.25, -0.2) is 9.37 Å². The Kier molecular flexibility index (Phi) is 7.03.